The zero-order chi connectivity index (χ0) is 9.03. The SMILES string of the molecule is C=CNS(=O)(=O)c1ccccc1. The standard InChI is InChI=1S/C8H9NO2S/c1-2-9-12(10,11)8-6-4-3-5-7-8/h2-7,9H,1H2. The Bertz CT molecular complexity index is 356. The van der Waals surface area contributed by atoms with Gasteiger partial charge in [0, 0.05) is 6.20 Å². The van der Waals surface area contributed by atoms with Gasteiger partial charge in [0.15, 0.2) is 0 Å². The molecule has 0 spiro atoms. The van der Waals surface area contributed by atoms with Crippen molar-refractivity contribution in [3.05, 3.63) is 43.1 Å². The van der Waals surface area contributed by atoms with Crippen LogP contribution in [0.15, 0.2) is 48.0 Å². The highest BCUT2D eigenvalue weighted by Crippen LogP contribution is 2.06. The highest BCUT2D eigenvalue weighted by atomic mass is 32.2. The van der Waals surface area contributed by atoms with Crippen LogP contribution in [0, 0.1) is 0 Å². The van der Waals surface area contributed by atoms with Crippen LogP contribution in [0.2, 0.25) is 0 Å². The van der Waals surface area contributed by atoms with Crippen molar-refractivity contribution in [2.24, 2.45) is 0 Å². The fourth-order valence-electron chi connectivity index (χ4n) is 0.777. The van der Waals surface area contributed by atoms with E-state index in [1.54, 1.807) is 18.2 Å². The molecule has 4 heteroatoms. The first-order valence-electron chi connectivity index (χ1n) is 3.35. The van der Waals surface area contributed by atoms with Crippen LogP contribution in [0.3, 0.4) is 0 Å². The molecule has 0 radical (unpaired) electrons. The van der Waals surface area contributed by atoms with E-state index in [0.717, 1.165) is 6.20 Å². The molecule has 12 heavy (non-hydrogen) atoms. The minimum atomic E-state index is -3.38. The van der Waals surface area contributed by atoms with Crippen molar-refractivity contribution in [2.75, 3.05) is 0 Å². The van der Waals surface area contributed by atoms with Crippen molar-refractivity contribution in [1.29, 1.82) is 0 Å². The Balaban J connectivity index is 3.07. The highest BCUT2D eigenvalue weighted by molar-refractivity contribution is 7.89. The summed E-state index contributed by atoms with van der Waals surface area (Å²) in [5, 5.41) is 0. The molecule has 3 nitrogen and oxygen atoms in total. The van der Waals surface area contributed by atoms with Gasteiger partial charge in [0.1, 0.15) is 0 Å². The molecule has 64 valence electrons. The topological polar surface area (TPSA) is 46.2 Å². The van der Waals surface area contributed by atoms with Crippen molar-refractivity contribution in [3.8, 4) is 0 Å². The first kappa shape index (κ1) is 8.80. The predicted octanol–water partition coefficient (Wildman–Crippen LogP) is 1.11. The maximum absolute atomic E-state index is 11.2. The van der Waals surface area contributed by atoms with Crippen molar-refractivity contribution in [2.45, 2.75) is 4.90 Å². The van der Waals surface area contributed by atoms with E-state index in [2.05, 4.69) is 11.3 Å². The first-order valence-corrected chi connectivity index (χ1v) is 4.83. The smallest absolute Gasteiger partial charge is 0.261 e. The van der Waals surface area contributed by atoms with E-state index in [4.69, 9.17) is 0 Å². The highest BCUT2D eigenvalue weighted by Gasteiger charge is 2.09. The average molecular weight is 183 g/mol. The van der Waals surface area contributed by atoms with Gasteiger partial charge in [-0.25, -0.2) is 8.42 Å². The fourth-order valence-corrected chi connectivity index (χ4v) is 1.65. The number of nitrogens with one attached hydrogen (secondary N) is 1. The molecule has 0 saturated heterocycles. The van der Waals surface area contributed by atoms with Gasteiger partial charge in [-0.05, 0) is 12.1 Å². The zero-order valence-corrected chi connectivity index (χ0v) is 7.21. The molecule has 0 saturated carbocycles. The summed E-state index contributed by atoms with van der Waals surface area (Å²) in [7, 11) is -3.38. The summed E-state index contributed by atoms with van der Waals surface area (Å²) in [4.78, 5) is 0.241. The minimum Gasteiger partial charge on any atom is -0.287 e. The summed E-state index contributed by atoms with van der Waals surface area (Å²) in [6.07, 6.45) is 1.14. The van der Waals surface area contributed by atoms with Crippen molar-refractivity contribution in [3.63, 3.8) is 0 Å². The molecular formula is C8H9NO2S. The van der Waals surface area contributed by atoms with Crippen LogP contribution >= 0.6 is 0 Å². The van der Waals surface area contributed by atoms with Gasteiger partial charge in [-0.1, -0.05) is 24.8 Å². The third-order valence-corrected chi connectivity index (χ3v) is 2.66. The molecule has 1 rings (SSSR count). The second-order valence-corrected chi connectivity index (χ2v) is 3.85. The van der Waals surface area contributed by atoms with E-state index in [0.29, 0.717) is 0 Å². The maximum Gasteiger partial charge on any atom is 0.261 e. The predicted molar refractivity (Wildman–Crippen MR) is 47.0 cm³/mol. The molecule has 0 atom stereocenters. The van der Waals surface area contributed by atoms with Gasteiger partial charge < -0.3 is 0 Å². The Morgan fingerprint density at radius 2 is 1.83 bits per heavy atom. The van der Waals surface area contributed by atoms with Crippen molar-refractivity contribution in [1.82, 2.24) is 4.72 Å². The number of rotatable bonds is 3. The van der Waals surface area contributed by atoms with E-state index in [9.17, 15) is 8.42 Å². The van der Waals surface area contributed by atoms with Gasteiger partial charge in [0.05, 0.1) is 4.90 Å². The third kappa shape index (κ3) is 1.85. The van der Waals surface area contributed by atoms with Crippen LogP contribution in [0.4, 0.5) is 0 Å². The molecule has 0 bridgehead atoms. The van der Waals surface area contributed by atoms with Crippen LogP contribution < -0.4 is 4.72 Å². The Morgan fingerprint density at radius 3 is 2.33 bits per heavy atom. The van der Waals surface area contributed by atoms with Gasteiger partial charge in [-0.2, -0.15) is 0 Å². The Hall–Kier alpha value is -1.29. The lowest BCUT2D eigenvalue weighted by Gasteiger charge is -2.01. The van der Waals surface area contributed by atoms with Gasteiger partial charge in [0.2, 0.25) is 0 Å². The lowest BCUT2D eigenvalue weighted by atomic mass is 10.4. The lowest BCUT2D eigenvalue weighted by Crippen LogP contribution is -2.16. The summed E-state index contributed by atoms with van der Waals surface area (Å²) >= 11 is 0. The maximum atomic E-state index is 11.2. The molecule has 0 aliphatic rings. The largest absolute Gasteiger partial charge is 0.287 e. The summed E-state index contributed by atoms with van der Waals surface area (Å²) < 4.78 is 24.7. The number of hydrogen-bond acceptors (Lipinski definition) is 2. The molecule has 0 amide bonds. The summed E-state index contributed by atoms with van der Waals surface area (Å²) in [6, 6.07) is 8.12. The van der Waals surface area contributed by atoms with Gasteiger partial charge in [-0.15, -0.1) is 0 Å². The summed E-state index contributed by atoms with van der Waals surface area (Å²) in [5.41, 5.74) is 0. The van der Waals surface area contributed by atoms with E-state index in [1.165, 1.54) is 12.1 Å². The average Bonchev–Trinajstić information content (AvgIpc) is 2.06. The van der Waals surface area contributed by atoms with Gasteiger partial charge in [-0.3, -0.25) is 4.72 Å². The number of sulfonamides is 1. The quantitative estimate of drug-likeness (QED) is 0.763. The minimum absolute atomic E-state index is 0.241. The molecule has 1 aromatic rings. The van der Waals surface area contributed by atoms with E-state index in [1.807, 2.05) is 0 Å². The fraction of sp³-hybridized carbons (Fsp3) is 0. The third-order valence-electron chi connectivity index (χ3n) is 1.29. The van der Waals surface area contributed by atoms with Crippen molar-refractivity contribution < 1.29 is 8.42 Å². The number of hydrogen-bond donors (Lipinski definition) is 1. The van der Waals surface area contributed by atoms with Crippen LogP contribution in [-0.2, 0) is 10.0 Å². The van der Waals surface area contributed by atoms with Crippen LogP contribution in [-0.4, -0.2) is 8.42 Å². The lowest BCUT2D eigenvalue weighted by molar-refractivity contribution is 0.590. The molecule has 1 N–H and O–H groups in total. The van der Waals surface area contributed by atoms with Gasteiger partial charge in [0.25, 0.3) is 10.0 Å². The van der Waals surface area contributed by atoms with Crippen molar-refractivity contribution >= 4 is 10.0 Å². The molecular weight excluding hydrogens is 174 g/mol. The molecule has 0 unspecified atom stereocenters. The Kier molecular flexibility index (Phi) is 2.50. The number of benzene rings is 1. The molecule has 0 fully saturated rings. The van der Waals surface area contributed by atoms with E-state index < -0.39 is 10.0 Å². The zero-order valence-electron chi connectivity index (χ0n) is 6.40. The molecule has 0 aromatic heterocycles. The van der Waals surface area contributed by atoms with Crippen LogP contribution in [0.1, 0.15) is 0 Å². The molecule has 0 aliphatic heterocycles. The van der Waals surface area contributed by atoms with E-state index >= 15 is 0 Å². The Labute approximate surface area is 71.8 Å². The normalized spacial score (nSPS) is 10.7. The molecule has 0 heterocycles. The van der Waals surface area contributed by atoms with Gasteiger partial charge >= 0.3 is 0 Å². The summed E-state index contributed by atoms with van der Waals surface area (Å²) in [5.74, 6) is 0. The Morgan fingerprint density at radius 1 is 1.25 bits per heavy atom. The monoisotopic (exact) mass is 183 g/mol. The molecule has 1 aromatic carbocycles. The molecule has 0 aliphatic carbocycles. The first-order chi connectivity index (χ1) is 5.67. The second kappa shape index (κ2) is 3.40. The summed E-state index contributed by atoms with van der Waals surface area (Å²) in [6.45, 7) is 3.28. The van der Waals surface area contributed by atoms with E-state index in [-0.39, 0.29) is 4.90 Å². The second-order valence-electron chi connectivity index (χ2n) is 2.14. The van der Waals surface area contributed by atoms with Crippen LogP contribution in [0.5, 0.6) is 0 Å². The van der Waals surface area contributed by atoms with Crippen LogP contribution in [0.25, 0.3) is 0 Å².